The van der Waals surface area contributed by atoms with Crippen molar-refractivity contribution < 1.29 is 14.7 Å². The predicted molar refractivity (Wildman–Crippen MR) is 78.5 cm³/mol. The molecule has 5 heteroatoms. The van der Waals surface area contributed by atoms with E-state index in [0.29, 0.717) is 17.7 Å². The van der Waals surface area contributed by atoms with Gasteiger partial charge in [0.2, 0.25) is 5.91 Å². The second-order valence-corrected chi connectivity index (χ2v) is 5.10. The maximum absolute atomic E-state index is 12.2. The van der Waals surface area contributed by atoms with Gasteiger partial charge in [0.05, 0.1) is 0 Å². The summed E-state index contributed by atoms with van der Waals surface area (Å²) < 4.78 is 0. The molecule has 0 saturated heterocycles. The van der Waals surface area contributed by atoms with Crippen LogP contribution >= 0.6 is 0 Å². The lowest BCUT2D eigenvalue weighted by Crippen LogP contribution is -2.39. The van der Waals surface area contributed by atoms with Gasteiger partial charge < -0.3 is 15.7 Å². The molecular formula is C15H22N2O3. The Kier molecular flexibility index (Phi) is 6.18. The third-order valence-corrected chi connectivity index (χ3v) is 3.01. The van der Waals surface area contributed by atoms with Crippen molar-refractivity contribution in [2.45, 2.75) is 33.2 Å². The first kappa shape index (κ1) is 16.2. The van der Waals surface area contributed by atoms with Crippen molar-refractivity contribution in [3.05, 3.63) is 29.8 Å². The molecule has 1 aromatic carbocycles. The van der Waals surface area contributed by atoms with Gasteiger partial charge in [-0.05, 0) is 30.5 Å². The van der Waals surface area contributed by atoms with Gasteiger partial charge in [-0.3, -0.25) is 9.59 Å². The molecule has 0 heterocycles. The first-order valence-electron chi connectivity index (χ1n) is 6.73. The van der Waals surface area contributed by atoms with Crippen molar-refractivity contribution >= 4 is 17.5 Å². The Morgan fingerprint density at radius 1 is 1.30 bits per heavy atom. The van der Waals surface area contributed by atoms with Crippen LogP contribution in [0.2, 0.25) is 0 Å². The van der Waals surface area contributed by atoms with E-state index >= 15 is 0 Å². The summed E-state index contributed by atoms with van der Waals surface area (Å²) in [7, 11) is 0. The molecule has 0 saturated carbocycles. The van der Waals surface area contributed by atoms with Crippen LogP contribution in [-0.2, 0) is 4.79 Å². The van der Waals surface area contributed by atoms with Gasteiger partial charge in [-0.15, -0.1) is 0 Å². The van der Waals surface area contributed by atoms with Gasteiger partial charge in [-0.25, -0.2) is 0 Å². The second kappa shape index (κ2) is 7.65. The van der Waals surface area contributed by atoms with E-state index in [9.17, 15) is 9.59 Å². The SMILES string of the molecule is CC(=O)Nc1cccc(C(=O)NC(CCO)C(C)C)c1. The predicted octanol–water partition coefficient (Wildman–Crippen LogP) is 1.78. The highest BCUT2D eigenvalue weighted by Crippen LogP contribution is 2.12. The number of carbonyl (C=O) groups excluding carboxylic acids is 2. The van der Waals surface area contributed by atoms with E-state index in [4.69, 9.17) is 5.11 Å². The van der Waals surface area contributed by atoms with Crippen LogP contribution in [0.5, 0.6) is 0 Å². The lowest BCUT2D eigenvalue weighted by atomic mass is 10.0. The Morgan fingerprint density at radius 3 is 2.55 bits per heavy atom. The van der Waals surface area contributed by atoms with E-state index in [1.165, 1.54) is 6.92 Å². The fraction of sp³-hybridized carbons (Fsp3) is 0.467. The van der Waals surface area contributed by atoms with Crippen LogP contribution in [0.15, 0.2) is 24.3 Å². The first-order valence-corrected chi connectivity index (χ1v) is 6.73. The van der Waals surface area contributed by atoms with Gasteiger partial charge in [0, 0.05) is 30.8 Å². The van der Waals surface area contributed by atoms with Crippen molar-refractivity contribution in [2.75, 3.05) is 11.9 Å². The number of hydrogen-bond donors (Lipinski definition) is 3. The Labute approximate surface area is 119 Å². The third kappa shape index (κ3) is 5.01. The zero-order valence-corrected chi connectivity index (χ0v) is 12.1. The summed E-state index contributed by atoms with van der Waals surface area (Å²) in [5.41, 5.74) is 1.08. The monoisotopic (exact) mass is 278 g/mol. The summed E-state index contributed by atoms with van der Waals surface area (Å²) in [6.07, 6.45) is 0.523. The highest BCUT2D eigenvalue weighted by Gasteiger charge is 2.16. The Morgan fingerprint density at radius 2 is 2.00 bits per heavy atom. The molecule has 1 atom stereocenters. The number of benzene rings is 1. The Hall–Kier alpha value is -1.88. The van der Waals surface area contributed by atoms with E-state index in [1.807, 2.05) is 13.8 Å². The molecule has 0 radical (unpaired) electrons. The standard InChI is InChI=1S/C15H22N2O3/c1-10(2)14(7-8-18)17-15(20)12-5-4-6-13(9-12)16-11(3)19/h4-6,9-10,14,18H,7-8H2,1-3H3,(H,16,19)(H,17,20). The second-order valence-electron chi connectivity index (χ2n) is 5.10. The molecule has 2 amide bonds. The molecule has 1 rings (SSSR count). The normalized spacial score (nSPS) is 12.1. The minimum Gasteiger partial charge on any atom is -0.396 e. The molecule has 0 bridgehead atoms. The van der Waals surface area contributed by atoms with E-state index in [2.05, 4.69) is 10.6 Å². The van der Waals surface area contributed by atoms with Gasteiger partial charge in [0.25, 0.3) is 5.91 Å². The van der Waals surface area contributed by atoms with E-state index in [1.54, 1.807) is 24.3 Å². The molecule has 110 valence electrons. The van der Waals surface area contributed by atoms with Crippen molar-refractivity contribution in [2.24, 2.45) is 5.92 Å². The molecular weight excluding hydrogens is 256 g/mol. The molecule has 1 unspecified atom stereocenters. The smallest absolute Gasteiger partial charge is 0.251 e. The molecule has 0 aliphatic carbocycles. The van der Waals surface area contributed by atoms with Gasteiger partial charge in [-0.1, -0.05) is 19.9 Å². The highest BCUT2D eigenvalue weighted by atomic mass is 16.3. The fourth-order valence-electron chi connectivity index (χ4n) is 1.90. The largest absolute Gasteiger partial charge is 0.396 e. The Balaban J connectivity index is 2.78. The summed E-state index contributed by atoms with van der Waals surface area (Å²) in [5, 5.41) is 14.6. The maximum Gasteiger partial charge on any atom is 0.251 e. The number of nitrogens with one attached hydrogen (secondary N) is 2. The Bertz CT molecular complexity index is 472. The van der Waals surface area contributed by atoms with Crippen molar-refractivity contribution in [1.82, 2.24) is 5.32 Å². The number of aliphatic hydroxyl groups is 1. The average Bonchev–Trinajstić information content (AvgIpc) is 2.37. The number of aliphatic hydroxyl groups excluding tert-OH is 1. The van der Waals surface area contributed by atoms with E-state index in [0.717, 1.165) is 0 Å². The highest BCUT2D eigenvalue weighted by molar-refractivity contribution is 5.96. The summed E-state index contributed by atoms with van der Waals surface area (Å²) in [5.74, 6) is -0.142. The van der Waals surface area contributed by atoms with Gasteiger partial charge in [0.15, 0.2) is 0 Å². The summed E-state index contributed by atoms with van der Waals surface area (Å²) in [6, 6.07) is 6.70. The quantitative estimate of drug-likeness (QED) is 0.742. The van der Waals surface area contributed by atoms with Crippen molar-refractivity contribution in [3.8, 4) is 0 Å². The van der Waals surface area contributed by atoms with Gasteiger partial charge >= 0.3 is 0 Å². The van der Waals surface area contributed by atoms with Gasteiger partial charge in [0.1, 0.15) is 0 Å². The molecule has 0 aliphatic rings. The minimum atomic E-state index is -0.204. The zero-order chi connectivity index (χ0) is 15.1. The summed E-state index contributed by atoms with van der Waals surface area (Å²) in [4.78, 5) is 23.2. The molecule has 3 N–H and O–H groups in total. The van der Waals surface area contributed by atoms with Crippen LogP contribution in [0.25, 0.3) is 0 Å². The molecule has 0 aliphatic heterocycles. The maximum atomic E-state index is 12.2. The van der Waals surface area contributed by atoms with E-state index in [-0.39, 0.29) is 30.4 Å². The molecule has 5 nitrogen and oxygen atoms in total. The zero-order valence-electron chi connectivity index (χ0n) is 12.1. The van der Waals surface area contributed by atoms with E-state index < -0.39 is 0 Å². The topological polar surface area (TPSA) is 78.4 Å². The first-order chi connectivity index (χ1) is 9.43. The molecule has 0 fully saturated rings. The van der Waals surface area contributed by atoms with Crippen LogP contribution in [0.3, 0.4) is 0 Å². The van der Waals surface area contributed by atoms with Crippen LogP contribution in [-0.4, -0.2) is 29.6 Å². The average molecular weight is 278 g/mol. The minimum absolute atomic E-state index is 0.0368. The molecule has 0 spiro atoms. The van der Waals surface area contributed by atoms with Crippen LogP contribution < -0.4 is 10.6 Å². The number of rotatable bonds is 6. The van der Waals surface area contributed by atoms with Gasteiger partial charge in [-0.2, -0.15) is 0 Å². The van der Waals surface area contributed by atoms with Crippen molar-refractivity contribution in [3.63, 3.8) is 0 Å². The molecule has 0 aromatic heterocycles. The van der Waals surface area contributed by atoms with Crippen LogP contribution in [0, 0.1) is 5.92 Å². The third-order valence-electron chi connectivity index (χ3n) is 3.01. The fourth-order valence-corrected chi connectivity index (χ4v) is 1.90. The summed E-state index contributed by atoms with van der Waals surface area (Å²) in [6.45, 7) is 5.44. The molecule has 20 heavy (non-hydrogen) atoms. The van der Waals surface area contributed by atoms with Crippen LogP contribution in [0.1, 0.15) is 37.6 Å². The number of carbonyl (C=O) groups is 2. The van der Waals surface area contributed by atoms with Crippen molar-refractivity contribution in [1.29, 1.82) is 0 Å². The number of hydrogen-bond acceptors (Lipinski definition) is 3. The lowest BCUT2D eigenvalue weighted by Gasteiger charge is -2.21. The molecule has 1 aromatic rings. The van der Waals surface area contributed by atoms with Crippen LogP contribution in [0.4, 0.5) is 5.69 Å². The lowest BCUT2D eigenvalue weighted by molar-refractivity contribution is -0.114. The summed E-state index contributed by atoms with van der Waals surface area (Å²) >= 11 is 0. The number of amides is 2. The number of anilines is 1.